The first-order valence-corrected chi connectivity index (χ1v) is 9.57. The van der Waals surface area contributed by atoms with Crippen LogP contribution in [-0.2, 0) is 23.8 Å². The molecule has 3 aromatic rings. The van der Waals surface area contributed by atoms with Crippen LogP contribution in [0, 0.1) is 0 Å². The second kappa shape index (κ2) is 7.41. The number of aromatic nitrogens is 4. The van der Waals surface area contributed by atoms with E-state index in [4.69, 9.17) is 0 Å². The van der Waals surface area contributed by atoms with Crippen LogP contribution in [0.25, 0.3) is 10.6 Å². The van der Waals surface area contributed by atoms with Gasteiger partial charge in [-0.3, -0.25) is 4.79 Å². The van der Waals surface area contributed by atoms with E-state index in [1.54, 1.807) is 12.3 Å². The van der Waals surface area contributed by atoms with Gasteiger partial charge in [0.05, 0.1) is 16.9 Å². The van der Waals surface area contributed by atoms with E-state index in [0.717, 1.165) is 29.0 Å². The molecule has 150 valence electrons. The minimum Gasteiger partial charge on any atom is -0.339 e. The zero-order valence-electron chi connectivity index (χ0n) is 15.6. The Morgan fingerprint density at radius 2 is 2.07 bits per heavy atom. The molecule has 4 rings (SSSR count). The topological polar surface area (TPSA) is 105 Å². The lowest BCUT2D eigenvalue weighted by Gasteiger charge is -2.14. The Bertz CT molecular complexity index is 1060. The molecule has 0 spiro atoms. The second-order valence-corrected chi connectivity index (χ2v) is 7.65. The number of rotatable bonds is 5. The SMILES string of the molecule is CC(=O)Nc1cc(Nc2ccnc(C(C)(F)F)n2)c(-c2nc3c(s2)CNC3)cn1. The van der Waals surface area contributed by atoms with Crippen LogP contribution in [0.2, 0.25) is 0 Å². The van der Waals surface area contributed by atoms with Gasteiger partial charge in [-0.1, -0.05) is 0 Å². The molecular weight excluding hydrogens is 400 g/mol. The maximum atomic E-state index is 13.6. The monoisotopic (exact) mass is 417 g/mol. The summed E-state index contributed by atoms with van der Waals surface area (Å²) in [6.07, 6.45) is 2.85. The van der Waals surface area contributed by atoms with Crippen molar-refractivity contribution < 1.29 is 13.6 Å². The van der Waals surface area contributed by atoms with Crippen LogP contribution in [0.4, 0.5) is 26.1 Å². The molecule has 3 N–H and O–H groups in total. The molecule has 8 nitrogen and oxygen atoms in total. The minimum absolute atomic E-state index is 0.198. The van der Waals surface area contributed by atoms with Crippen molar-refractivity contribution >= 4 is 34.6 Å². The van der Waals surface area contributed by atoms with E-state index < -0.39 is 11.7 Å². The van der Waals surface area contributed by atoms with Gasteiger partial charge in [-0.2, -0.15) is 8.78 Å². The predicted octanol–water partition coefficient (Wildman–Crippen LogP) is 3.41. The average Bonchev–Trinajstić information content (AvgIpc) is 3.23. The predicted molar refractivity (Wildman–Crippen MR) is 105 cm³/mol. The fourth-order valence-electron chi connectivity index (χ4n) is 2.82. The van der Waals surface area contributed by atoms with Gasteiger partial charge in [0.25, 0.3) is 0 Å². The highest BCUT2D eigenvalue weighted by Crippen LogP contribution is 2.36. The Balaban J connectivity index is 1.74. The van der Waals surface area contributed by atoms with Gasteiger partial charge < -0.3 is 16.0 Å². The number of thiazole rings is 1. The first-order valence-electron chi connectivity index (χ1n) is 8.75. The van der Waals surface area contributed by atoms with Gasteiger partial charge in [0.15, 0.2) is 0 Å². The van der Waals surface area contributed by atoms with Gasteiger partial charge in [0.1, 0.15) is 16.6 Å². The van der Waals surface area contributed by atoms with Crippen LogP contribution in [0.3, 0.4) is 0 Å². The molecule has 0 saturated heterocycles. The third-order valence-electron chi connectivity index (χ3n) is 4.11. The summed E-state index contributed by atoms with van der Waals surface area (Å²) < 4.78 is 27.2. The Morgan fingerprint density at radius 3 is 2.79 bits per heavy atom. The highest BCUT2D eigenvalue weighted by molar-refractivity contribution is 7.15. The molecule has 1 amide bonds. The maximum Gasteiger partial charge on any atom is 0.303 e. The number of hydrogen-bond acceptors (Lipinski definition) is 8. The molecule has 3 aromatic heterocycles. The molecule has 0 aromatic carbocycles. The molecule has 0 saturated carbocycles. The van der Waals surface area contributed by atoms with Crippen LogP contribution < -0.4 is 16.0 Å². The fourth-order valence-corrected chi connectivity index (χ4v) is 3.90. The van der Waals surface area contributed by atoms with Crippen molar-refractivity contribution in [1.82, 2.24) is 25.3 Å². The largest absolute Gasteiger partial charge is 0.339 e. The zero-order valence-corrected chi connectivity index (χ0v) is 16.4. The lowest BCUT2D eigenvalue weighted by atomic mass is 10.2. The molecular formula is C18H17F2N7OS. The number of amides is 1. The van der Waals surface area contributed by atoms with Gasteiger partial charge >= 0.3 is 5.92 Å². The van der Waals surface area contributed by atoms with E-state index in [1.165, 1.54) is 30.5 Å². The lowest BCUT2D eigenvalue weighted by molar-refractivity contribution is -0.114. The summed E-state index contributed by atoms with van der Waals surface area (Å²) in [5.41, 5.74) is 2.20. The van der Waals surface area contributed by atoms with E-state index in [2.05, 4.69) is 35.9 Å². The van der Waals surface area contributed by atoms with E-state index in [-0.39, 0.29) is 11.7 Å². The summed E-state index contributed by atoms with van der Waals surface area (Å²) in [5, 5.41) is 9.63. The molecule has 0 bridgehead atoms. The minimum atomic E-state index is -3.16. The molecule has 0 fully saturated rings. The molecule has 4 heterocycles. The number of nitrogens with one attached hydrogen (secondary N) is 3. The van der Waals surface area contributed by atoms with Crippen LogP contribution in [0.15, 0.2) is 24.5 Å². The van der Waals surface area contributed by atoms with Gasteiger partial charge in [0, 0.05) is 50.3 Å². The summed E-state index contributed by atoms with van der Waals surface area (Å²) in [5.74, 6) is -3.50. The summed E-state index contributed by atoms with van der Waals surface area (Å²) in [4.78, 5) is 29.0. The van der Waals surface area contributed by atoms with Crippen molar-refractivity contribution in [1.29, 1.82) is 0 Å². The molecule has 0 aliphatic carbocycles. The highest BCUT2D eigenvalue weighted by atomic mass is 32.1. The molecule has 0 radical (unpaired) electrons. The number of carbonyl (C=O) groups excluding carboxylic acids is 1. The number of carbonyl (C=O) groups is 1. The summed E-state index contributed by atoms with van der Waals surface area (Å²) >= 11 is 1.53. The quantitative estimate of drug-likeness (QED) is 0.584. The van der Waals surface area contributed by atoms with Crippen LogP contribution in [0.1, 0.15) is 30.2 Å². The normalized spacial score (nSPS) is 13.2. The molecule has 11 heteroatoms. The van der Waals surface area contributed by atoms with E-state index in [1.807, 2.05) is 0 Å². The number of pyridine rings is 1. The van der Waals surface area contributed by atoms with Gasteiger partial charge in [-0.15, -0.1) is 11.3 Å². The van der Waals surface area contributed by atoms with Gasteiger partial charge in [-0.25, -0.2) is 19.9 Å². The third kappa shape index (κ3) is 4.20. The van der Waals surface area contributed by atoms with Crippen LogP contribution in [0.5, 0.6) is 0 Å². The molecule has 1 aliphatic heterocycles. The lowest BCUT2D eigenvalue weighted by Crippen LogP contribution is -2.13. The molecule has 1 aliphatic rings. The summed E-state index contributed by atoms with van der Waals surface area (Å²) in [7, 11) is 0. The van der Waals surface area contributed by atoms with E-state index in [9.17, 15) is 13.6 Å². The Labute approximate surface area is 168 Å². The summed E-state index contributed by atoms with van der Waals surface area (Å²) in [6.45, 7) is 3.58. The van der Waals surface area contributed by atoms with Crippen molar-refractivity contribution in [2.75, 3.05) is 10.6 Å². The van der Waals surface area contributed by atoms with Crippen LogP contribution in [-0.4, -0.2) is 25.8 Å². The Hall–Kier alpha value is -3.05. The first kappa shape index (κ1) is 19.3. The first-order chi connectivity index (χ1) is 13.8. The third-order valence-corrected chi connectivity index (χ3v) is 5.24. The van der Waals surface area contributed by atoms with Gasteiger partial charge in [0.2, 0.25) is 11.7 Å². The summed E-state index contributed by atoms with van der Waals surface area (Å²) in [6, 6.07) is 3.11. The van der Waals surface area contributed by atoms with Gasteiger partial charge in [-0.05, 0) is 6.07 Å². The number of nitrogens with zero attached hydrogens (tertiary/aromatic N) is 4. The van der Waals surface area contributed by atoms with Crippen molar-refractivity contribution in [2.45, 2.75) is 32.9 Å². The highest BCUT2D eigenvalue weighted by Gasteiger charge is 2.28. The smallest absolute Gasteiger partial charge is 0.303 e. The second-order valence-electron chi connectivity index (χ2n) is 6.57. The maximum absolute atomic E-state index is 13.6. The average molecular weight is 417 g/mol. The van der Waals surface area contributed by atoms with Crippen molar-refractivity contribution in [3.05, 3.63) is 40.9 Å². The number of hydrogen-bond donors (Lipinski definition) is 3. The number of halogens is 2. The van der Waals surface area contributed by atoms with Crippen molar-refractivity contribution in [2.24, 2.45) is 0 Å². The number of anilines is 3. The molecule has 0 atom stereocenters. The number of alkyl halides is 2. The van der Waals surface area contributed by atoms with E-state index in [0.29, 0.717) is 23.6 Å². The molecule has 29 heavy (non-hydrogen) atoms. The Morgan fingerprint density at radius 1 is 1.24 bits per heavy atom. The fraction of sp³-hybridized carbons (Fsp3) is 0.278. The molecule has 0 unspecified atom stereocenters. The number of fused-ring (bicyclic) bond motifs is 1. The Kier molecular flexibility index (Phi) is 4.92. The van der Waals surface area contributed by atoms with Crippen molar-refractivity contribution in [3.63, 3.8) is 0 Å². The zero-order chi connectivity index (χ0) is 20.6. The standard InChI is InChI=1S/C18H17F2N7OS/c1-9(28)24-15-5-11(25-14-3-4-22-17(27-14)18(2,19)20)10(6-23-15)16-26-12-7-21-8-13(12)29-16/h3-6,21H,7-8H2,1-2H3,(H2,22,23,24,25,27,28). The van der Waals surface area contributed by atoms with Crippen LogP contribution >= 0.6 is 11.3 Å². The van der Waals surface area contributed by atoms with E-state index >= 15 is 0 Å². The van der Waals surface area contributed by atoms with Crippen molar-refractivity contribution in [3.8, 4) is 10.6 Å².